The molecule has 0 N–H and O–H groups in total. The van der Waals surface area contributed by atoms with Gasteiger partial charge in [-0.15, -0.1) is 23.2 Å². The first-order valence-electron chi connectivity index (χ1n) is 2.56. The van der Waals surface area contributed by atoms with Crippen LogP contribution < -0.4 is 0 Å². The highest BCUT2D eigenvalue weighted by Gasteiger charge is 1.95. The molecule has 1 unspecified atom stereocenters. The fourth-order valence-corrected chi connectivity index (χ4v) is 0.560. The molecule has 0 bridgehead atoms. The number of alkyl halides is 2. The molecule has 0 fully saturated rings. The first-order chi connectivity index (χ1) is 4.31. The topological polar surface area (TPSA) is 23.8 Å². The summed E-state index contributed by atoms with van der Waals surface area (Å²) in [6, 6.07) is 1.89. The lowest BCUT2D eigenvalue weighted by atomic mass is 10.3. The van der Waals surface area contributed by atoms with Crippen molar-refractivity contribution in [2.75, 3.05) is 5.88 Å². The minimum Gasteiger partial charge on any atom is -0.197 e. The zero-order valence-corrected chi connectivity index (χ0v) is 6.36. The number of hydrogen-bond donors (Lipinski definition) is 0. The predicted molar refractivity (Wildman–Crippen MR) is 39.7 cm³/mol. The number of halogens is 2. The van der Waals surface area contributed by atoms with Gasteiger partial charge in [0.15, 0.2) is 0 Å². The summed E-state index contributed by atoms with van der Waals surface area (Å²) in [5.41, 5.74) is 0. The van der Waals surface area contributed by atoms with E-state index in [0.717, 1.165) is 0 Å². The Kier molecular flexibility index (Phi) is 5.81. The van der Waals surface area contributed by atoms with Crippen molar-refractivity contribution >= 4 is 23.2 Å². The fourth-order valence-electron chi connectivity index (χ4n) is 0.331. The summed E-state index contributed by atoms with van der Waals surface area (Å²) >= 11 is 10.8. The minimum atomic E-state index is -0.413. The predicted octanol–water partition coefficient (Wildman–Crippen LogP) is 2.30. The number of nitrogens with zero attached hydrogens (tertiary/aromatic N) is 1. The van der Waals surface area contributed by atoms with Crippen LogP contribution in [0.25, 0.3) is 0 Å². The van der Waals surface area contributed by atoms with Gasteiger partial charge in [0.25, 0.3) is 0 Å². The molecular weight excluding hydrogens is 157 g/mol. The third kappa shape index (κ3) is 5.68. The van der Waals surface area contributed by atoms with Crippen molar-refractivity contribution in [2.45, 2.75) is 11.8 Å². The van der Waals surface area contributed by atoms with E-state index in [1.807, 2.05) is 6.07 Å². The SMILES string of the molecule is N#CC(Cl)C/C=C/CCl. The molecule has 0 amide bonds. The molecule has 0 heterocycles. The summed E-state index contributed by atoms with van der Waals surface area (Å²) < 4.78 is 0. The zero-order chi connectivity index (χ0) is 7.11. The molecule has 0 aliphatic rings. The molecule has 0 radical (unpaired) electrons. The van der Waals surface area contributed by atoms with E-state index in [1.54, 1.807) is 12.2 Å². The average Bonchev–Trinajstić information content (AvgIpc) is 1.89. The van der Waals surface area contributed by atoms with Crippen LogP contribution in [0, 0.1) is 11.3 Å². The van der Waals surface area contributed by atoms with Crippen LogP contribution in [-0.4, -0.2) is 11.3 Å². The monoisotopic (exact) mass is 163 g/mol. The van der Waals surface area contributed by atoms with Crippen LogP contribution >= 0.6 is 23.2 Å². The summed E-state index contributed by atoms with van der Waals surface area (Å²) in [7, 11) is 0. The summed E-state index contributed by atoms with van der Waals surface area (Å²) in [6.07, 6.45) is 4.15. The highest BCUT2D eigenvalue weighted by Crippen LogP contribution is 2.00. The molecule has 3 heteroatoms. The van der Waals surface area contributed by atoms with Gasteiger partial charge in [-0.3, -0.25) is 0 Å². The molecule has 0 aromatic heterocycles. The van der Waals surface area contributed by atoms with Crippen LogP contribution in [0.4, 0.5) is 0 Å². The summed E-state index contributed by atoms with van der Waals surface area (Å²) in [4.78, 5) is 0. The number of rotatable bonds is 3. The second-order valence-electron chi connectivity index (χ2n) is 1.46. The van der Waals surface area contributed by atoms with Gasteiger partial charge >= 0.3 is 0 Å². The van der Waals surface area contributed by atoms with Crippen LogP contribution in [0.15, 0.2) is 12.2 Å². The fraction of sp³-hybridized carbons (Fsp3) is 0.500. The van der Waals surface area contributed by atoms with E-state index in [9.17, 15) is 0 Å². The minimum absolute atomic E-state index is 0.413. The first-order valence-corrected chi connectivity index (χ1v) is 3.53. The number of allylic oxidation sites excluding steroid dienone is 2. The molecule has 0 rings (SSSR count). The summed E-state index contributed by atoms with van der Waals surface area (Å²) in [6.45, 7) is 0. The molecule has 1 atom stereocenters. The Bertz CT molecular complexity index is 126. The maximum atomic E-state index is 8.19. The van der Waals surface area contributed by atoms with Crippen molar-refractivity contribution in [3.05, 3.63) is 12.2 Å². The van der Waals surface area contributed by atoms with Crippen molar-refractivity contribution in [3.63, 3.8) is 0 Å². The summed E-state index contributed by atoms with van der Waals surface area (Å²) in [5, 5.41) is 7.77. The van der Waals surface area contributed by atoms with Gasteiger partial charge < -0.3 is 0 Å². The second kappa shape index (κ2) is 5.94. The molecule has 0 aromatic rings. The Labute approximate surface area is 64.9 Å². The van der Waals surface area contributed by atoms with Crippen LogP contribution in [0.5, 0.6) is 0 Å². The van der Waals surface area contributed by atoms with Crippen molar-refractivity contribution in [3.8, 4) is 6.07 Å². The lowest BCUT2D eigenvalue weighted by molar-refractivity contribution is 1.07. The molecule has 0 aliphatic heterocycles. The Morgan fingerprint density at radius 1 is 1.56 bits per heavy atom. The Morgan fingerprint density at radius 2 is 2.22 bits per heavy atom. The van der Waals surface area contributed by atoms with E-state index < -0.39 is 5.38 Å². The zero-order valence-electron chi connectivity index (χ0n) is 4.85. The lowest BCUT2D eigenvalue weighted by Crippen LogP contribution is -1.88. The normalized spacial score (nSPS) is 13.4. The van der Waals surface area contributed by atoms with Crippen LogP contribution in [0.3, 0.4) is 0 Å². The van der Waals surface area contributed by atoms with Gasteiger partial charge in [-0.2, -0.15) is 5.26 Å². The van der Waals surface area contributed by atoms with Gasteiger partial charge in [0.05, 0.1) is 6.07 Å². The quantitative estimate of drug-likeness (QED) is 0.463. The number of hydrogen-bond acceptors (Lipinski definition) is 1. The van der Waals surface area contributed by atoms with E-state index in [1.165, 1.54) is 0 Å². The maximum absolute atomic E-state index is 8.19. The molecule has 0 spiro atoms. The largest absolute Gasteiger partial charge is 0.197 e. The smallest absolute Gasteiger partial charge is 0.124 e. The van der Waals surface area contributed by atoms with Gasteiger partial charge in [0.2, 0.25) is 0 Å². The van der Waals surface area contributed by atoms with E-state index in [2.05, 4.69) is 0 Å². The molecule has 0 aromatic carbocycles. The highest BCUT2D eigenvalue weighted by molar-refractivity contribution is 6.22. The molecule has 50 valence electrons. The van der Waals surface area contributed by atoms with Crippen molar-refractivity contribution in [1.29, 1.82) is 5.26 Å². The van der Waals surface area contributed by atoms with E-state index in [-0.39, 0.29) is 0 Å². The number of nitriles is 1. The third-order valence-corrected chi connectivity index (χ3v) is 1.19. The van der Waals surface area contributed by atoms with Gasteiger partial charge in [0.1, 0.15) is 5.38 Å². The Hall–Kier alpha value is -0.190. The third-order valence-electron chi connectivity index (χ3n) is 0.739. The molecule has 0 saturated carbocycles. The molecule has 9 heavy (non-hydrogen) atoms. The highest BCUT2D eigenvalue weighted by atomic mass is 35.5. The van der Waals surface area contributed by atoms with E-state index >= 15 is 0 Å². The Morgan fingerprint density at radius 3 is 2.67 bits per heavy atom. The average molecular weight is 164 g/mol. The first kappa shape index (κ1) is 8.81. The molecule has 0 saturated heterocycles. The second-order valence-corrected chi connectivity index (χ2v) is 2.29. The standard InChI is InChI=1S/C6H7Cl2N/c7-4-2-1-3-6(8)5-9/h1-2,6H,3-4H2/b2-1+. The van der Waals surface area contributed by atoms with Gasteiger partial charge in [0, 0.05) is 5.88 Å². The van der Waals surface area contributed by atoms with Gasteiger partial charge in [-0.1, -0.05) is 12.2 Å². The lowest BCUT2D eigenvalue weighted by Gasteiger charge is -1.88. The van der Waals surface area contributed by atoms with Gasteiger partial charge in [-0.05, 0) is 6.42 Å². The van der Waals surface area contributed by atoms with E-state index in [0.29, 0.717) is 12.3 Å². The van der Waals surface area contributed by atoms with Crippen LogP contribution in [0.1, 0.15) is 6.42 Å². The Balaban J connectivity index is 3.29. The molecule has 0 aliphatic carbocycles. The van der Waals surface area contributed by atoms with Crippen molar-refractivity contribution in [2.24, 2.45) is 0 Å². The molecular formula is C6H7Cl2N. The van der Waals surface area contributed by atoms with Crippen molar-refractivity contribution < 1.29 is 0 Å². The maximum Gasteiger partial charge on any atom is 0.124 e. The molecule has 1 nitrogen and oxygen atoms in total. The summed E-state index contributed by atoms with van der Waals surface area (Å²) in [5.74, 6) is 0.481. The van der Waals surface area contributed by atoms with Gasteiger partial charge in [-0.25, -0.2) is 0 Å². The van der Waals surface area contributed by atoms with Crippen LogP contribution in [0.2, 0.25) is 0 Å². The van der Waals surface area contributed by atoms with E-state index in [4.69, 9.17) is 28.5 Å². The van der Waals surface area contributed by atoms with Crippen molar-refractivity contribution in [1.82, 2.24) is 0 Å². The van der Waals surface area contributed by atoms with Crippen LogP contribution in [-0.2, 0) is 0 Å².